The predicted molar refractivity (Wildman–Crippen MR) is 145 cm³/mol. The summed E-state index contributed by atoms with van der Waals surface area (Å²) in [4.78, 5) is 35.4. The molecule has 1 aromatic carbocycles. The lowest BCUT2D eigenvalue weighted by atomic mass is 9.59. The molecule has 8 heteroatoms. The van der Waals surface area contributed by atoms with E-state index in [1.807, 2.05) is 36.4 Å². The molecular formula is C28H31ClN4O2S. The first-order valence-corrected chi connectivity index (χ1v) is 13.8. The van der Waals surface area contributed by atoms with Crippen LogP contribution in [-0.2, 0) is 22.4 Å². The molecule has 2 heterocycles. The van der Waals surface area contributed by atoms with Crippen molar-refractivity contribution in [1.29, 1.82) is 0 Å². The van der Waals surface area contributed by atoms with Crippen molar-refractivity contribution in [3.8, 4) is 11.3 Å². The lowest BCUT2D eigenvalue weighted by Crippen LogP contribution is -2.43. The Morgan fingerprint density at radius 1 is 1.11 bits per heavy atom. The molecule has 2 N–H and O–H groups in total. The van der Waals surface area contributed by atoms with Gasteiger partial charge in [0.05, 0.1) is 16.4 Å². The zero-order valence-electron chi connectivity index (χ0n) is 20.8. The number of hydrogen-bond donors (Lipinski definition) is 2. The monoisotopic (exact) mass is 522 g/mol. The minimum absolute atomic E-state index is 0.0330. The van der Waals surface area contributed by atoms with Crippen LogP contribution in [0.15, 0.2) is 42.6 Å². The maximum atomic E-state index is 13.5. The Labute approximate surface area is 220 Å². The number of rotatable bonds is 5. The number of anilines is 2. The van der Waals surface area contributed by atoms with Crippen molar-refractivity contribution in [3.63, 3.8) is 0 Å². The number of halogens is 1. The lowest BCUT2D eigenvalue weighted by molar-refractivity contribution is -0.123. The summed E-state index contributed by atoms with van der Waals surface area (Å²) in [5.74, 6) is 1.64. The number of amides is 2. The van der Waals surface area contributed by atoms with Crippen molar-refractivity contribution >= 4 is 45.6 Å². The normalized spacial score (nSPS) is 23.8. The van der Waals surface area contributed by atoms with Crippen LogP contribution in [0.2, 0.25) is 5.02 Å². The van der Waals surface area contributed by atoms with Crippen molar-refractivity contribution in [3.05, 3.63) is 58.2 Å². The third-order valence-electron chi connectivity index (χ3n) is 7.93. The van der Waals surface area contributed by atoms with Crippen molar-refractivity contribution in [1.82, 2.24) is 9.97 Å². The summed E-state index contributed by atoms with van der Waals surface area (Å²) >= 11 is 8.03. The molecule has 0 bridgehead atoms. The van der Waals surface area contributed by atoms with Gasteiger partial charge < -0.3 is 10.6 Å². The zero-order valence-corrected chi connectivity index (χ0v) is 22.3. The van der Waals surface area contributed by atoms with Gasteiger partial charge in [0, 0.05) is 35.2 Å². The quantitative estimate of drug-likeness (QED) is 0.402. The fourth-order valence-electron chi connectivity index (χ4n) is 6.01. The van der Waals surface area contributed by atoms with Gasteiger partial charge in [-0.05, 0) is 73.3 Å². The van der Waals surface area contributed by atoms with Crippen molar-refractivity contribution in [2.24, 2.45) is 29.6 Å². The fraction of sp³-hybridized carbons (Fsp3) is 0.429. The summed E-state index contributed by atoms with van der Waals surface area (Å²) < 4.78 is 0. The summed E-state index contributed by atoms with van der Waals surface area (Å²) in [5.41, 5.74) is 3.39. The average molecular weight is 523 g/mol. The number of pyridine rings is 1. The Bertz CT molecular complexity index is 1280. The van der Waals surface area contributed by atoms with Crippen LogP contribution in [0, 0.1) is 29.6 Å². The highest BCUT2D eigenvalue weighted by Gasteiger charge is 2.44. The fourth-order valence-corrected chi connectivity index (χ4v) is 7.34. The van der Waals surface area contributed by atoms with E-state index in [2.05, 4.69) is 29.5 Å². The summed E-state index contributed by atoms with van der Waals surface area (Å²) in [5, 5.41) is 7.27. The molecule has 1 fully saturated rings. The minimum Gasteiger partial charge on any atom is -0.326 e. The Balaban J connectivity index is 1.33. The molecule has 1 saturated carbocycles. The van der Waals surface area contributed by atoms with Gasteiger partial charge in [-0.3, -0.25) is 14.6 Å². The van der Waals surface area contributed by atoms with E-state index in [9.17, 15) is 9.59 Å². The maximum Gasteiger partial charge on any atom is 0.227 e. The number of hydrogen-bond acceptors (Lipinski definition) is 5. The van der Waals surface area contributed by atoms with E-state index in [1.165, 1.54) is 11.8 Å². The summed E-state index contributed by atoms with van der Waals surface area (Å²) in [6, 6.07) is 11.2. The Morgan fingerprint density at radius 2 is 1.94 bits per heavy atom. The van der Waals surface area contributed by atoms with Crippen LogP contribution in [0.25, 0.3) is 11.3 Å². The SMILES string of the molecule is CC(=O)Nc1nc2c(s1)C[C@@H]1[C@H](C2)[C@H]([C@@H](C)C(=O)Nc2ccc(Cl)c(-c3ccccn3)c2)CC[C@H]1C. The van der Waals surface area contributed by atoms with E-state index < -0.39 is 0 Å². The molecule has 36 heavy (non-hydrogen) atoms. The summed E-state index contributed by atoms with van der Waals surface area (Å²) in [6.07, 6.45) is 5.74. The molecule has 5 atom stereocenters. The third-order valence-corrected chi connectivity index (χ3v) is 9.29. The Kier molecular flexibility index (Phi) is 7.13. The topological polar surface area (TPSA) is 84.0 Å². The van der Waals surface area contributed by atoms with Crippen molar-refractivity contribution in [2.45, 2.75) is 46.5 Å². The van der Waals surface area contributed by atoms with E-state index in [0.29, 0.717) is 27.9 Å². The average Bonchev–Trinajstić information content (AvgIpc) is 3.25. The standard InChI is InChI=1S/C28H31ClN4O2S/c1-15-7-9-19(21-13-25-26(14-20(15)21)36-28(33-25)31-17(3)34)16(2)27(35)32-18-8-10-23(29)22(12-18)24-6-4-5-11-30-24/h4-6,8,10-12,15-16,19-21H,7,9,13-14H2,1-3H3,(H,32,35)(H,31,33,34)/t15-,16-,19+,20+,21-/m1/s1. The van der Waals surface area contributed by atoms with Crippen LogP contribution < -0.4 is 10.6 Å². The number of carbonyl (C=O) groups is 2. The highest BCUT2D eigenvalue weighted by atomic mass is 35.5. The number of nitrogens with one attached hydrogen (secondary N) is 2. The molecule has 2 amide bonds. The van der Waals surface area contributed by atoms with E-state index in [4.69, 9.17) is 16.6 Å². The van der Waals surface area contributed by atoms with Gasteiger partial charge in [0.2, 0.25) is 11.8 Å². The van der Waals surface area contributed by atoms with Gasteiger partial charge in [-0.1, -0.05) is 37.9 Å². The number of fused-ring (bicyclic) bond motifs is 2. The molecule has 5 rings (SSSR count). The van der Waals surface area contributed by atoms with E-state index in [0.717, 1.165) is 48.3 Å². The summed E-state index contributed by atoms with van der Waals surface area (Å²) in [6.45, 7) is 5.91. The molecule has 0 unspecified atom stereocenters. The first kappa shape index (κ1) is 24.9. The van der Waals surface area contributed by atoms with Crippen LogP contribution in [-0.4, -0.2) is 21.8 Å². The Morgan fingerprint density at radius 3 is 2.69 bits per heavy atom. The molecule has 2 aliphatic carbocycles. The molecule has 0 radical (unpaired) electrons. The van der Waals surface area contributed by atoms with E-state index in [1.54, 1.807) is 17.5 Å². The predicted octanol–water partition coefficient (Wildman–Crippen LogP) is 6.47. The lowest BCUT2D eigenvalue weighted by Gasteiger charge is -2.46. The minimum atomic E-state index is -0.131. The van der Waals surface area contributed by atoms with Gasteiger partial charge in [0.1, 0.15) is 0 Å². The molecule has 2 aromatic heterocycles. The third kappa shape index (κ3) is 5.04. The maximum absolute atomic E-state index is 13.5. The highest BCUT2D eigenvalue weighted by molar-refractivity contribution is 7.15. The van der Waals surface area contributed by atoms with Gasteiger partial charge in [0.25, 0.3) is 0 Å². The number of carbonyl (C=O) groups excluding carboxylic acids is 2. The molecule has 2 aliphatic rings. The van der Waals surface area contributed by atoms with Crippen LogP contribution in [0.1, 0.15) is 44.2 Å². The van der Waals surface area contributed by atoms with Crippen LogP contribution >= 0.6 is 22.9 Å². The zero-order chi connectivity index (χ0) is 25.4. The van der Waals surface area contributed by atoms with Crippen LogP contribution in [0.5, 0.6) is 0 Å². The second-order valence-corrected chi connectivity index (χ2v) is 11.7. The summed E-state index contributed by atoms with van der Waals surface area (Å²) in [7, 11) is 0. The molecule has 0 saturated heterocycles. The first-order chi connectivity index (χ1) is 17.3. The highest BCUT2D eigenvalue weighted by Crippen LogP contribution is 2.49. The van der Waals surface area contributed by atoms with Gasteiger partial charge in [-0.25, -0.2) is 4.98 Å². The first-order valence-electron chi connectivity index (χ1n) is 12.6. The van der Waals surface area contributed by atoms with Gasteiger partial charge in [-0.15, -0.1) is 11.3 Å². The second kappa shape index (κ2) is 10.3. The van der Waals surface area contributed by atoms with E-state index >= 15 is 0 Å². The smallest absolute Gasteiger partial charge is 0.227 e. The van der Waals surface area contributed by atoms with Gasteiger partial charge >= 0.3 is 0 Å². The number of nitrogens with zero attached hydrogens (tertiary/aromatic N) is 2. The molecule has 3 aromatic rings. The van der Waals surface area contributed by atoms with Crippen LogP contribution in [0.4, 0.5) is 10.8 Å². The van der Waals surface area contributed by atoms with Crippen molar-refractivity contribution in [2.75, 3.05) is 10.6 Å². The van der Waals surface area contributed by atoms with Gasteiger partial charge in [-0.2, -0.15) is 0 Å². The number of thiazole rings is 1. The Hall–Kier alpha value is -2.77. The van der Waals surface area contributed by atoms with Gasteiger partial charge in [0.15, 0.2) is 5.13 Å². The number of benzene rings is 1. The van der Waals surface area contributed by atoms with Crippen LogP contribution in [0.3, 0.4) is 0 Å². The van der Waals surface area contributed by atoms with Crippen molar-refractivity contribution < 1.29 is 9.59 Å². The second-order valence-electron chi connectivity index (χ2n) is 10.2. The van der Waals surface area contributed by atoms with E-state index in [-0.39, 0.29) is 23.7 Å². The molecule has 6 nitrogen and oxygen atoms in total. The molecule has 0 aliphatic heterocycles. The molecular weight excluding hydrogens is 492 g/mol. The molecule has 0 spiro atoms. The molecule has 188 valence electrons. The largest absolute Gasteiger partial charge is 0.326 e. The number of aromatic nitrogens is 2.